The molecule has 0 saturated carbocycles. The van der Waals surface area contributed by atoms with Crippen LogP contribution in [0.3, 0.4) is 0 Å². The molecule has 0 unspecified atom stereocenters. The van der Waals surface area contributed by atoms with E-state index in [0.29, 0.717) is 26.3 Å². The molecule has 1 amide bonds. The van der Waals surface area contributed by atoms with Crippen molar-refractivity contribution in [3.63, 3.8) is 0 Å². The lowest BCUT2D eigenvalue weighted by molar-refractivity contribution is -0.114. The highest BCUT2D eigenvalue weighted by molar-refractivity contribution is 7.73. The van der Waals surface area contributed by atoms with Crippen molar-refractivity contribution >= 4 is 41.6 Å². The minimum atomic E-state index is -0.316. The van der Waals surface area contributed by atoms with Crippen LogP contribution in [-0.2, 0) is 17.8 Å². The molecule has 2 aromatic carbocycles. The highest BCUT2D eigenvalue weighted by atomic mass is 32.1. The molecule has 4 rings (SSSR count). The third-order valence-corrected chi connectivity index (χ3v) is 5.75. The number of nitrogens with zero attached hydrogens (tertiary/aromatic N) is 2. The number of carbonyl (C=O) groups is 1. The van der Waals surface area contributed by atoms with Crippen LogP contribution in [0.1, 0.15) is 10.4 Å². The van der Waals surface area contributed by atoms with Crippen molar-refractivity contribution < 1.29 is 9.90 Å². The van der Waals surface area contributed by atoms with Gasteiger partial charge in [-0.05, 0) is 42.4 Å². The number of hydrogen-bond donors (Lipinski definition) is 1. The Kier molecular flexibility index (Phi) is 4.83. The van der Waals surface area contributed by atoms with Gasteiger partial charge in [-0.2, -0.15) is 0 Å². The number of rotatable bonds is 4. The number of amides is 1. The van der Waals surface area contributed by atoms with E-state index >= 15 is 0 Å². The van der Waals surface area contributed by atoms with E-state index in [1.807, 2.05) is 54.6 Å². The van der Waals surface area contributed by atoms with Crippen LogP contribution in [0.4, 0.5) is 0 Å². The lowest BCUT2D eigenvalue weighted by Gasteiger charge is -2.05. The Labute approximate surface area is 165 Å². The Balaban J connectivity index is 1.66. The molecule has 2 heterocycles. The molecule has 0 atom stereocenters. The molecular weight excluding hydrogens is 376 g/mol. The number of hydrogen-bond acceptors (Lipinski definition) is 4. The van der Waals surface area contributed by atoms with Crippen LogP contribution in [0.25, 0.3) is 12.2 Å². The Morgan fingerprint density at radius 1 is 1.11 bits per heavy atom. The van der Waals surface area contributed by atoms with Crippen LogP contribution in [0.5, 0.6) is 5.88 Å². The molecule has 27 heavy (non-hydrogen) atoms. The number of thiazole rings is 1. The lowest BCUT2D eigenvalue weighted by atomic mass is 10.1. The Bertz CT molecular complexity index is 1220. The summed E-state index contributed by atoms with van der Waals surface area (Å²) in [5.41, 5.74) is 1.62. The van der Waals surface area contributed by atoms with Gasteiger partial charge in [0, 0.05) is 17.3 Å². The molecule has 6 heteroatoms. The van der Waals surface area contributed by atoms with Crippen molar-refractivity contribution in [1.82, 2.24) is 4.57 Å². The summed E-state index contributed by atoms with van der Waals surface area (Å²) in [6.07, 6.45) is 4.22. The zero-order valence-electron chi connectivity index (χ0n) is 14.3. The number of carbonyl (C=O) groups excluding carboxylic acids is 1. The van der Waals surface area contributed by atoms with Gasteiger partial charge in [0.05, 0.1) is 10.2 Å². The first-order valence-corrected chi connectivity index (χ1v) is 9.72. The summed E-state index contributed by atoms with van der Waals surface area (Å²) in [4.78, 5) is 17.0. The topological polar surface area (TPSA) is 54.6 Å². The smallest absolute Gasteiger partial charge is 0.277 e. The second-order valence-corrected chi connectivity index (χ2v) is 7.84. The minimum Gasteiger partial charge on any atom is -0.493 e. The zero-order chi connectivity index (χ0) is 18.8. The van der Waals surface area contributed by atoms with Crippen molar-refractivity contribution in [2.24, 2.45) is 4.99 Å². The molecule has 134 valence electrons. The third kappa shape index (κ3) is 3.67. The standard InChI is InChI=1S/C21H16N2O2S2/c24-19-16(12-15-8-4-5-9-17(15)22-19)13-18-20(25)23(21(26)27-18)11-10-14-6-2-1-3-7-14/h1-9,12-13,25H,10-11H2/b16-13+. The average molecular weight is 393 g/mol. The molecule has 1 aromatic heterocycles. The number of para-hydroxylation sites is 1. The summed E-state index contributed by atoms with van der Waals surface area (Å²) in [6, 6.07) is 17.5. The van der Waals surface area contributed by atoms with E-state index in [-0.39, 0.29) is 11.8 Å². The average Bonchev–Trinajstić information content (AvgIpc) is 2.94. The monoisotopic (exact) mass is 392 g/mol. The molecule has 0 radical (unpaired) electrons. The predicted octanol–water partition coefficient (Wildman–Crippen LogP) is 3.25. The van der Waals surface area contributed by atoms with Crippen molar-refractivity contribution in [3.8, 4) is 5.88 Å². The quantitative estimate of drug-likeness (QED) is 0.548. The molecule has 1 aliphatic rings. The van der Waals surface area contributed by atoms with Gasteiger partial charge in [-0.25, -0.2) is 4.99 Å². The normalized spacial score (nSPS) is 14.5. The van der Waals surface area contributed by atoms with Gasteiger partial charge in [-0.3, -0.25) is 9.36 Å². The summed E-state index contributed by atoms with van der Waals surface area (Å²) in [5.74, 6) is -0.225. The highest BCUT2D eigenvalue weighted by Crippen LogP contribution is 2.29. The molecule has 1 aliphatic heterocycles. The maximum atomic E-state index is 12.3. The Hall–Kier alpha value is -2.83. The molecule has 0 spiro atoms. The van der Waals surface area contributed by atoms with Crippen LogP contribution in [-0.4, -0.2) is 15.6 Å². The van der Waals surface area contributed by atoms with Crippen LogP contribution < -0.4 is 10.6 Å². The SMILES string of the molecule is O=C1N=c2ccccc2=C/C1=C\c1sc(=S)n(CCc2ccccc2)c1O. The molecule has 0 aliphatic carbocycles. The van der Waals surface area contributed by atoms with E-state index in [0.717, 1.165) is 11.6 Å². The van der Waals surface area contributed by atoms with Gasteiger partial charge in [0.2, 0.25) is 5.88 Å². The van der Waals surface area contributed by atoms with E-state index in [1.165, 1.54) is 16.9 Å². The first-order chi connectivity index (χ1) is 13.1. The van der Waals surface area contributed by atoms with Crippen molar-refractivity contribution in [1.29, 1.82) is 0 Å². The van der Waals surface area contributed by atoms with Gasteiger partial charge in [0.15, 0.2) is 3.95 Å². The number of benzene rings is 2. The van der Waals surface area contributed by atoms with Crippen molar-refractivity contribution in [2.75, 3.05) is 0 Å². The van der Waals surface area contributed by atoms with Crippen molar-refractivity contribution in [2.45, 2.75) is 13.0 Å². The van der Waals surface area contributed by atoms with Gasteiger partial charge in [0.25, 0.3) is 5.91 Å². The largest absolute Gasteiger partial charge is 0.493 e. The van der Waals surface area contributed by atoms with Gasteiger partial charge < -0.3 is 5.11 Å². The Morgan fingerprint density at radius 3 is 2.67 bits per heavy atom. The summed E-state index contributed by atoms with van der Waals surface area (Å²) in [6.45, 7) is 0.583. The number of aromatic nitrogens is 1. The molecule has 0 fully saturated rings. The van der Waals surface area contributed by atoms with Crippen LogP contribution >= 0.6 is 23.6 Å². The van der Waals surface area contributed by atoms with Crippen LogP contribution in [0, 0.1) is 3.95 Å². The van der Waals surface area contributed by atoms with Gasteiger partial charge >= 0.3 is 0 Å². The van der Waals surface area contributed by atoms with E-state index in [4.69, 9.17) is 12.2 Å². The van der Waals surface area contributed by atoms with E-state index in [2.05, 4.69) is 4.99 Å². The van der Waals surface area contributed by atoms with Gasteiger partial charge in [0.1, 0.15) is 0 Å². The first kappa shape index (κ1) is 17.6. The predicted molar refractivity (Wildman–Crippen MR) is 110 cm³/mol. The van der Waals surface area contributed by atoms with Crippen LogP contribution in [0.2, 0.25) is 0 Å². The molecular formula is C21H16N2O2S2. The fourth-order valence-electron chi connectivity index (χ4n) is 2.95. The molecule has 3 aromatic rings. The zero-order valence-corrected chi connectivity index (χ0v) is 16.0. The number of fused-ring (bicyclic) bond motifs is 1. The maximum absolute atomic E-state index is 12.3. The first-order valence-electron chi connectivity index (χ1n) is 8.50. The summed E-state index contributed by atoms with van der Waals surface area (Å²) < 4.78 is 2.29. The third-order valence-electron chi connectivity index (χ3n) is 4.36. The second kappa shape index (κ2) is 7.42. The highest BCUT2D eigenvalue weighted by Gasteiger charge is 2.15. The molecule has 1 N–H and O–H groups in total. The van der Waals surface area contributed by atoms with E-state index < -0.39 is 0 Å². The molecule has 4 nitrogen and oxygen atoms in total. The van der Waals surface area contributed by atoms with E-state index in [1.54, 1.807) is 16.7 Å². The lowest BCUT2D eigenvalue weighted by Crippen LogP contribution is -2.29. The number of aryl methyl sites for hydroxylation is 1. The molecule has 0 bridgehead atoms. The van der Waals surface area contributed by atoms with E-state index in [9.17, 15) is 9.90 Å². The van der Waals surface area contributed by atoms with Gasteiger partial charge in [-0.1, -0.05) is 48.5 Å². The van der Waals surface area contributed by atoms with Crippen molar-refractivity contribution in [3.05, 3.63) is 85.1 Å². The fourth-order valence-corrected chi connectivity index (χ4v) is 4.26. The fraction of sp³-hybridized carbons (Fsp3) is 0.0952. The minimum absolute atomic E-state index is 0.0912. The number of aromatic hydroxyl groups is 1. The summed E-state index contributed by atoms with van der Waals surface area (Å²) in [5, 5.41) is 12.2. The maximum Gasteiger partial charge on any atom is 0.277 e. The summed E-state index contributed by atoms with van der Waals surface area (Å²) in [7, 11) is 0. The molecule has 0 saturated heterocycles. The van der Waals surface area contributed by atoms with Gasteiger partial charge in [-0.15, -0.1) is 11.3 Å². The van der Waals surface area contributed by atoms with Crippen LogP contribution in [0.15, 0.2) is 65.2 Å². The Morgan fingerprint density at radius 2 is 1.85 bits per heavy atom. The summed E-state index contributed by atoms with van der Waals surface area (Å²) >= 11 is 6.70. The second-order valence-electron chi connectivity index (χ2n) is 6.16.